The first kappa shape index (κ1) is 9.86. The van der Waals surface area contributed by atoms with E-state index in [1.165, 1.54) is 24.3 Å². The van der Waals surface area contributed by atoms with E-state index in [4.69, 9.17) is 11.6 Å². The number of aromatic amines is 1. The lowest BCUT2D eigenvalue weighted by Gasteiger charge is -2.00. The Morgan fingerprint density at radius 2 is 2.20 bits per heavy atom. The summed E-state index contributed by atoms with van der Waals surface area (Å²) in [5.41, 5.74) is 1.08. The standard InChI is InChI=1S/C10H5ClFN2O/c11-9-2-1-6(12)3-8(9)10-4-7(5-15)13-14-10/h1-4H,(H,13,14). The molecule has 15 heavy (non-hydrogen) atoms. The molecule has 0 unspecified atom stereocenters. The van der Waals surface area contributed by atoms with Crippen molar-refractivity contribution < 1.29 is 9.18 Å². The number of hydrogen-bond donors (Lipinski definition) is 1. The maximum Gasteiger partial charge on any atom is 0.255 e. The van der Waals surface area contributed by atoms with Gasteiger partial charge in [0.25, 0.3) is 6.29 Å². The Kier molecular flexibility index (Phi) is 2.51. The van der Waals surface area contributed by atoms with Gasteiger partial charge in [0.05, 0.1) is 10.7 Å². The minimum Gasteiger partial charge on any atom is -0.283 e. The average molecular weight is 224 g/mol. The van der Waals surface area contributed by atoms with Crippen LogP contribution in [-0.2, 0) is 4.79 Å². The fourth-order valence-electron chi connectivity index (χ4n) is 1.22. The molecule has 3 nitrogen and oxygen atoms in total. The third-order valence-electron chi connectivity index (χ3n) is 1.90. The van der Waals surface area contributed by atoms with Crippen LogP contribution in [0.4, 0.5) is 4.39 Å². The molecule has 1 aromatic heterocycles. The van der Waals surface area contributed by atoms with Crippen LogP contribution in [0.1, 0.15) is 5.69 Å². The summed E-state index contributed by atoms with van der Waals surface area (Å²) < 4.78 is 13.0. The highest BCUT2D eigenvalue weighted by Crippen LogP contribution is 2.27. The number of aromatic nitrogens is 2. The van der Waals surface area contributed by atoms with E-state index in [1.54, 1.807) is 6.29 Å². The molecule has 5 heteroatoms. The molecule has 0 aliphatic carbocycles. The molecule has 2 rings (SSSR count). The Balaban J connectivity index is 2.52. The third-order valence-corrected chi connectivity index (χ3v) is 2.23. The maximum absolute atomic E-state index is 13.0. The molecule has 1 aromatic carbocycles. The minimum absolute atomic E-state index is 0.130. The summed E-state index contributed by atoms with van der Waals surface area (Å²) in [6, 6.07) is 5.42. The third kappa shape index (κ3) is 1.89. The van der Waals surface area contributed by atoms with E-state index in [9.17, 15) is 9.18 Å². The first-order valence-electron chi connectivity index (χ1n) is 4.09. The van der Waals surface area contributed by atoms with Crippen LogP contribution in [0, 0.1) is 5.82 Å². The van der Waals surface area contributed by atoms with E-state index in [2.05, 4.69) is 10.2 Å². The molecule has 0 saturated carbocycles. The first-order valence-corrected chi connectivity index (χ1v) is 4.47. The Morgan fingerprint density at radius 1 is 1.40 bits per heavy atom. The van der Waals surface area contributed by atoms with Gasteiger partial charge in [-0.2, -0.15) is 5.10 Å². The summed E-state index contributed by atoms with van der Waals surface area (Å²) in [4.78, 5) is 10.3. The van der Waals surface area contributed by atoms with Gasteiger partial charge in [0.15, 0.2) is 0 Å². The molecule has 0 atom stereocenters. The smallest absolute Gasteiger partial charge is 0.255 e. The van der Waals surface area contributed by atoms with Crippen molar-refractivity contribution in [1.29, 1.82) is 0 Å². The lowest BCUT2D eigenvalue weighted by Crippen LogP contribution is -1.82. The number of nitrogens with one attached hydrogen (secondary N) is 1. The van der Waals surface area contributed by atoms with E-state index in [-0.39, 0.29) is 5.69 Å². The highest BCUT2D eigenvalue weighted by Gasteiger charge is 2.08. The number of H-pyrrole nitrogens is 1. The van der Waals surface area contributed by atoms with Gasteiger partial charge >= 0.3 is 0 Å². The summed E-state index contributed by atoms with van der Waals surface area (Å²) in [6.07, 6.45) is 1.62. The van der Waals surface area contributed by atoms with Crippen LogP contribution in [0.2, 0.25) is 5.02 Å². The SMILES string of the molecule is O=[C]c1cc(-c2cc(F)ccc2Cl)[nH]n1. The summed E-state index contributed by atoms with van der Waals surface area (Å²) in [5.74, 6) is -0.402. The van der Waals surface area contributed by atoms with Crippen molar-refractivity contribution in [3.63, 3.8) is 0 Å². The number of halogens is 2. The molecule has 1 radical (unpaired) electrons. The van der Waals surface area contributed by atoms with Gasteiger partial charge in [-0.15, -0.1) is 0 Å². The van der Waals surface area contributed by atoms with Crippen molar-refractivity contribution in [3.05, 3.63) is 40.8 Å². The number of nitrogens with zero attached hydrogens (tertiary/aromatic N) is 1. The Bertz CT molecular complexity index is 510. The quantitative estimate of drug-likeness (QED) is 0.849. The minimum atomic E-state index is -0.402. The van der Waals surface area contributed by atoms with E-state index >= 15 is 0 Å². The van der Waals surface area contributed by atoms with Crippen LogP contribution in [0.15, 0.2) is 24.3 Å². The molecular weight excluding hydrogens is 219 g/mol. The van der Waals surface area contributed by atoms with Gasteiger partial charge in [-0.1, -0.05) is 11.6 Å². The number of rotatable bonds is 2. The summed E-state index contributed by atoms with van der Waals surface area (Å²) >= 11 is 5.87. The molecule has 1 N–H and O–H groups in total. The number of benzene rings is 1. The molecule has 0 fully saturated rings. The molecule has 0 saturated heterocycles. The normalized spacial score (nSPS) is 10.3. The Hall–Kier alpha value is -1.68. The molecule has 1 heterocycles. The van der Waals surface area contributed by atoms with Crippen molar-refractivity contribution in [2.45, 2.75) is 0 Å². The van der Waals surface area contributed by atoms with Crippen molar-refractivity contribution in [2.24, 2.45) is 0 Å². The number of carbonyl (C=O) groups excluding carboxylic acids is 1. The predicted molar refractivity (Wildman–Crippen MR) is 53.8 cm³/mol. The Morgan fingerprint density at radius 3 is 2.87 bits per heavy atom. The molecule has 0 spiro atoms. The second kappa shape index (κ2) is 3.82. The molecule has 0 aliphatic rings. The maximum atomic E-state index is 13.0. The molecule has 0 bridgehead atoms. The van der Waals surface area contributed by atoms with Gasteiger partial charge in [0.1, 0.15) is 11.5 Å². The topological polar surface area (TPSA) is 45.8 Å². The lowest BCUT2D eigenvalue weighted by molar-refractivity contribution is 0.561. The monoisotopic (exact) mass is 223 g/mol. The second-order valence-electron chi connectivity index (χ2n) is 2.89. The van der Waals surface area contributed by atoms with E-state index < -0.39 is 5.82 Å². The molecule has 0 amide bonds. The molecular formula is C10H5ClFN2O. The average Bonchev–Trinajstić information content (AvgIpc) is 2.70. The van der Waals surface area contributed by atoms with Crippen LogP contribution in [0.25, 0.3) is 11.3 Å². The van der Waals surface area contributed by atoms with Gasteiger partial charge in [-0.25, -0.2) is 4.39 Å². The van der Waals surface area contributed by atoms with Crippen LogP contribution in [0.3, 0.4) is 0 Å². The summed E-state index contributed by atoms with van der Waals surface area (Å²) in [7, 11) is 0. The van der Waals surface area contributed by atoms with Crippen molar-refractivity contribution in [2.75, 3.05) is 0 Å². The van der Waals surface area contributed by atoms with Crippen LogP contribution >= 0.6 is 11.6 Å². The zero-order valence-corrected chi connectivity index (χ0v) is 8.18. The highest BCUT2D eigenvalue weighted by atomic mass is 35.5. The fraction of sp³-hybridized carbons (Fsp3) is 0. The zero-order chi connectivity index (χ0) is 10.8. The largest absolute Gasteiger partial charge is 0.283 e. The van der Waals surface area contributed by atoms with Gasteiger partial charge in [0.2, 0.25) is 0 Å². The van der Waals surface area contributed by atoms with Gasteiger partial charge in [0, 0.05) is 5.56 Å². The van der Waals surface area contributed by atoms with E-state index in [0.29, 0.717) is 16.3 Å². The van der Waals surface area contributed by atoms with Crippen molar-refractivity contribution >= 4 is 17.9 Å². The van der Waals surface area contributed by atoms with Crippen LogP contribution < -0.4 is 0 Å². The predicted octanol–water partition coefficient (Wildman–Crippen LogP) is 2.33. The fourth-order valence-corrected chi connectivity index (χ4v) is 1.44. The Labute approximate surface area is 89.9 Å². The van der Waals surface area contributed by atoms with Crippen molar-refractivity contribution in [3.8, 4) is 11.3 Å². The van der Waals surface area contributed by atoms with Crippen LogP contribution in [-0.4, -0.2) is 16.5 Å². The molecule has 75 valence electrons. The van der Waals surface area contributed by atoms with Gasteiger partial charge in [-0.3, -0.25) is 9.89 Å². The molecule has 0 aliphatic heterocycles. The van der Waals surface area contributed by atoms with Gasteiger partial charge < -0.3 is 0 Å². The lowest BCUT2D eigenvalue weighted by atomic mass is 10.1. The van der Waals surface area contributed by atoms with Crippen LogP contribution in [0.5, 0.6) is 0 Å². The van der Waals surface area contributed by atoms with E-state index in [0.717, 1.165) is 0 Å². The number of hydrogen-bond acceptors (Lipinski definition) is 2. The first-order chi connectivity index (χ1) is 7.20. The summed E-state index contributed by atoms with van der Waals surface area (Å²) in [6.45, 7) is 0. The second-order valence-corrected chi connectivity index (χ2v) is 3.30. The van der Waals surface area contributed by atoms with E-state index in [1.807, 2.05) is 0 Å². The van der Waals surface area contributed by atoms with Gasteiger partial charge in [-0.05, 0) is 24.3 Å². The zero-order valence-electron chi connectivity index (χ0n) is 7.42. The van der Waals surface area contributed by atoms with Crippen molar-refractivity contribution in [1.82, 2.24) is 10.2 Å². The summed E-state index contributed by atoms with van der Waals surface area (Å²) in [5, 5.41) is 6.62. The molecule has 2 aromatic rings. The highest BCUT2D eigenvalue weighted by molar-refractivity contribution is 6.33.